The summed E-state index contributed by atoms with van der Waals surface area (Å²) in [5.41, 5.74) is 0. The molecule has 0 saturated heterocycles. The van der Waals surface area contributed by atoms with E-state index in [4.69, 9.17) is 9.53 Å². The predicted octanol–water partition coefficient (Wildman–Crippen LogP) is 2.56. The summed E-state index contributed by atoms with van der Waals surface area (Å²) in [5.74, 6) is 5.73. The molecule has 3 heteroatoms. The highest BCUT2D eigenvalue weighted by Gasteiger charge is 2.36. The summed E-state index contributed by atoms with van der Waals surface area (Å²) in [7, 11) is -1.65. The van der Waals surface area contributed by atoms with Crippen LogP contribution in [0, 0.1) is 11.8 Å². The van der Waals surface area contributed by atoms with Crippen molar-refractivity contribution in [3.05, 3.63) is 12.2 Å². The Hall–Kier alpha value is -0.563. The highest BCUT2D eigenvalue weighted by molar-refractivity contribution is 6.74. The Labute approximate surface area is 94.5 Å². The molecule has 0 fully saturated rings. The van der Waals surface area contributed by atoms with Crippen LogP contribution in [0.1, 0.15) is 20.8 Å². The van der Waals surface area contributed by atoms with Crippen molar-refractivity contribution in [1.29, 1.82) is 0 Å². The molecule has 0 heterocycles. The second-order valence-electron chi connectivity index (χ2n) is 4.96. The number of hydrogen-bond donors (Lipinski definition) is 1. The molecule has 0 aromatic carbocycles. The zero-order chi connectivity index (χ0) is 11.9. The van der Waals surface area contributed by atoms with Crippen LogP contribution in [-0.4, -0.2) is 26.6 Å². The van der Waals surface area contributed by atoms with Gasteiger partial charge in [0.25, 0.3) is 0 Å². The minimum Gasteiger partial charge on any atom is -0.406 e. The van der Waals surface area contributed by atoms with Crippen molar-refractivity contribution in [1.82, 2.24) is 0 Å². The molecule has 0 rings (SSSR count). The third-order valence-corrected chi connectivity index (χ3v) is 7.20. The molecule has 0 aliphatic carbocycles. The molecule has 0 amide bonds. The average molecular weight is 226 g/mol. The lowest BCUT2D eigenvalue weighted by molar-refractivity contribution is 0.334. The zero-order valence-electron chi connectivity index (χ0n) is 10.4. The lowest BCUT2D eigenvalue weighted by Crippen LogP contribution is -2.40. The zero-order valence-corrected chi connectivity index (χ0v) is 11.4. The van der Waals surface area contributed by atoms with Gasteiger partial charge in [-0.1, -0.05) is 38.7 Å². The van der Waals surface area contributed by atoms with Crippen LogP contribution in [-0.2, 0) is 4.43 Å². The van der Waals surface area contributed by atoms with E-state index in [2.05, 4.69) is 45.7 Å². The van der Waals surface area contributed by atoms with E-state index < -0.39 is 8.32 Å². The van der Waals surface area contributed by atoms with E-state index in [0.717, 1.165) is 0 Å². The second-order valence-corrected chi connectivity index (χ2v) is 9.76. The van der Waals surface area contributed by atoms with Gasteiger partial charge < -0.3 is 9.53 Å². The van der Waals surface area contributed by atoms with Gasteiger partial charge in [-0.25, -0.2) is 0 Å². The Kier molecular flexibility index (Phi) is 5.88. The molecule has 0 aliphatic heterocycles. The van der Waals surface area contributed by atoms with Crippen molar-refractivity contribution in [2.24, 2.45) is 0 Å². The van der Waals surface area contributed by atoms with Crippen LogP contribution in [0.3, 0.4) is 0 Å². The summed E-state index contributed by atoms with van der Waals surface area (Å²) in [6.07, 6.45) is 3.26. The molecule has 2 nitrogen and oxygen atoms in total. The van der Waals surface area contributed by atoms with Crippen LogP contribution in [0.2, 0.25) is 18.1 Å². The van der Waals surface area contributed by atoms with E-state index >= 15 is 0 Å². The van der Waals surface area contributed by atoms with Crippen LogP contribution in [0.5, 0.6) is 0 Å². The summed E-state index contributed by atoms with van der Waals surface area (Å²) in [5, 5.41) is 8.71. The quantitative estimate of drug-likeness (QED) is 0.592. The van der Waals surface area contributed by atoms with Crippen LogP contribution < -0.4 is 0 Å². The van der Waals surface area contributed by atoms with E-state index in [0.29, 0.717) is 6.61 Å². The summed E-state index contributed by atoms with van der Waals surface area (Å²) in [4.78, 5) is 0. The number of aliphatic hydroxyl groups excluding tert-OH is 1. The van der Waals surface area contributed by atoms with Crippen molar-refractivity contribution in [3.8, 4) is 11.8 Å². The fraction of sp³-hybridized carbons (Fsp3) is 0.667. The summed E-state index contributed by atoms with van der Waals surface area (Å²) >= 11 is 0. The topological polar surface area (TPSA) is 29.5 Å². The normalized spacial score (nSPS) is 12.7. The molecule has 0 spiro atoms. The standard InChI is InChI=1S/C12H22O2Si/c1-12(2,3)15(4,5)14-11-9-7-6-8-10-13/h6,8,13H,10-11H2,1-5H3/b8-6+. The van der Waals surface area contributed by atoms with Gasteiger partial charge in [0.1, 0.15) is 0 Å². The minimum absolute atomic E-state index is 0.0395. The molecule has 0 aromatic heterocycles. The van der Waals surface area contributed by atoms with Gasteiger partial charge in [-0.3, -0.25) is 0 Å². The molecule has 1 N–H and O–H groups in total. The van der Waals surface area contributed by atoms with Gasteiger partial charge >= 0.3 is 0 Å². The largest absolute Gasteiger partial charge is 0.406 e. The van der Waals surface area contributed by atoms with Gasteiger partial charge in [0.05, 0.1) is 13.2 Å². The Bertz CT molecular complexity index is 264. The highest BCUT2D eigenvalue weighted by Crippen LogP contribution is 2.36. The van der Waals surface area contributed by atoms with Crippen LogP contribution >= 0.6 is 0 Å². The van der Waals surface area contributed by atoms with Crippen molar-refractivity contribution >= 4 is 8.32 Å². The molecular weight excluding hydrogens is 204 g/mol. The third kappa shape index (κ3) is 5.78. The van der Waals surface area contributed by atoms with E-state index in [1.807, 2.05) is 0 Å². The number of rotatable bonds is 3. The maximum absolute atomic E-state index is 8.48. The van der Waals surface area contributed by atoms with E-state index in [-0.39, 0.29) is 11.6 Å². The first-order valence-electron chi connectivity index (χ1n) is 5.19. The van der Waals surface area contributed by atoms with Crippen LogP contribution in [0.25, 0.3) is 0 Å². The molecule has 0 aliphatic rings. The molecule has 0 radical (unpaired) electrons. The molecule has 0 aromatic rings. The minimum atomic E-state index is -1.65. The van der Waals surface area contributed by atoms with Crippen LogP contribution in [0.4, 0.5) is 0 Å². The van der Waals surface area contributed by atoms with Gasteiger partial charge in [0.15, 0.2) is 8.32 Å². The number of aliphatic hydroxyl groups is 1. The molecule has 0 atom stereocenters. The van der Waals surface area contributed by atoms with Gasteiger partial charge in [-0.15, -0.1) is 0 Å². The van der Waals surface area contributed by atoms with E-state index in [1.54, 1.807) is 12.2 Å². The fourth-order valence-corrected chi connectivity index (χ4v) is 1.51. The molecular formula is C12H22O2Si. The first-order valence-corrected chi connectivity index (χ1v) is 8.10. The Morgan fingerprint density at radius 2 is 1.93 bits per heavy atom. The van der Waals surface area contributed by atoms with Crippen molar-refractivity contribution in [3.63, 3.8) is 0 Å². The second kappa shape index (κ2) is 6.11. The van der Waals surface area contributed by atoms with Crippen molar-refractivity contribution < 1.29 is 9.53 Å². The van der Waals surface area contributed by atoms with Gasteiger partial charge in [-0.05, 0) is 24.2 Å². The molecule has 86 valence electrons. The Balaban J connectivity index is 4.04. The predicted molar refractivity (Wildman–Crippen MR) is 67.2 cm³/mol. The summed E-state index contributed by atoms with van der Waals surface area (Å²) in [6.45, 7) is 11.6. The smallest absolute Gasteiger partial charge is 0.193 e. The summed E-state index contributed by atoms with van der Waals surface area (Å²) in [6, 6.07) is 0. The summed E-state index contributed by atoms with van der Waals surface area (Å²) < 4.78 is 5.84. The van der Waals surface area contributed by atoms with Crippen LogP contribution in [0.15, 0.2) is 12.2 Å². The number of hydrogen-bond acceptors (Lipinski definition) is 2. The first-order chi connectivity index (χ1) is 6.81. The van der Waals surface area contributed by atoms with Crippen molar-refractivity contribution in [2.75, 3.05) is 13.2 Å². The third-order valence-electron chi connectivity index (χ3n) is 2.72. The lowest BCUT2D eigenvalue weighted by Gasteiger charge is -2.35. The SMILES string of the molecule is CC(C)(C)[Si](C)(C)OCC#C/C=C/CO. The first kappa shape index (κ1) is 14.4. The van der Waals surface area contributed by atoms with Crippen molar-refractivity contribution in [2.45, 2.75) is 38.9 Å². The fourth-order valence-electron chi connectivity index (χ4n) is 0.645. The highest BCUT2D eigenvalue weighted by atomic mass is 28.4. The maximum atomic E-state index is 8.48. The molecule has 0 unspecified atom stereocenters. The lowest BCUT2D eigenvalue weighted by atomic mass is 10.2. The Morgan fingerprint density at radius 1 is 1.33 bits per heavy atom. The molecule has 0 saturated carbocycles. The van der Waals surface area contributed by atoms with Gasteiger partial charge in [-0.2, -0.15) is 0 Å². The number of allylic oxidation sites excluding steroid dienone is 1. The van der Waals surface area contributed by atoms with Gasteiger partial charge in [0, 0.05) is 0 Å². The van der Waals surface area contributed by atoms with E-state index in [9.17, 15) is 0 Å². The monoisotopic (exact) mass is 226 g/mol. The molecule has 15 heavy (non-hydrogen) atoms. The average Bonchev–Trinajstić information content (AvgIpc) is 2.09. The maximum Gasteiger partial charge on any atom is 0.193 e. The Morgan fingerprint density at radius 3 is 2.40 bits per heavy atom. The molecule has 0 bridgehead atoms. The van der Waals surface area contributed by atoms with Gasteiger partial charge in [0.2, 0.25) is 0 Å². The van der Waals surface area contributed by atoms with E-state index in [1.165, 1.54) is 0 Å².